The van der Waals surface area contributed by atoms with E-state index in [0.717, 1.165) is 22.4 Å². The highest BCUT2D eigenvalue weighted by molar-refractivity contribution is 7.91. The van der Waals surface area contributed by atoms with Gasteiger partial charge in [0.15, 0.2) is 9.84 Å². The third-order valence-electron chi connectivity index (χ3n) is 6.25. The normalized spacial score (nSPS) is 17.1. The highest BCUT2D eigenvalue weighted by atomic mass is 32.2. The Morgan fingerprint density at radius 3 is 1.88 bits per heavy atom. The summed E-state index contributed by atoms with van der Waals surface area (Å²) < 4.78 is 24.6. The van der Waals surface area contributed by atoms with Crippen LogP contribution in [-0.4, -0.2) is 50.9 Å². The fourth-order valence-electron chi connectivity index (χ4n) is 4.44. The molecule has 3 aromatic rings. The van der Waals surface area contributed by atoms with Crippen LogP contribution in [0.1, 0.15) is 29.0 Å². The van der Waals surface area contributed by atoms with Crippen LogP contribution in [0.2, 0.25) is 0 Å². The zero-order chi connectivity index (χ0) is 23.4. The molecule has 6 heteroatoms. The standard InChI is InChI=1S/C27H30N2O3S/c1-28(2)24-15-13-21(14-16-24)19-29(25-17-18-33(31,32)20-25)27(30)26(22-9-5-3-6-10-22)23-11-7-4-8-12-23/h3-16,25-26H,17-20H2,1-2H3/t25-/m1/s1. The Kier molecular flexibility index (Phi) is 6.84. The molecule has 1 saturated heterocycles. The van der Waals surface area contributed by atoms with Crippen LogP contribution in [0.25, 0.3) is 0 Å². The minimum atomic E-state index is -3.14. The van der Waals surface area contributed by atoms with Crippen LogP contribution in [-0.2, 0) is 21.2 Å². The summed E-state index contributed by atoms with van der Waals surface area (Å²) in [5.74, 6) is -0.407. The Morgan fingerprint density at radius 2 is 1.42 bits per heavy atom. The molecule has 0 aromatic heterocycles. The maximum absolute atomic E-state index is 14.1. The SMILES string of the molecule is CN(C)c1ccc(CN(C(=O)C(c2ccccc2)c2ccccc2)[C@@H]2CCS(=O)(=O)C2)cc1. The Hall–Kier alpha value is -3.12. The van der Waals surface area contributed by atoms with E-state index in [9.17, 15) is 13.2 Å². The molecule has 0 spiro atoms. The smallest absolute Gasteiger partial charge is 0.235 e. The van der Waals surface area contributed by atoms with Crippen molar-refractivity contribution >= 4 is 21.4 Å². The average Bonchev–Trinajstić information content (AvgIpc) is 3.18. The predicted molar refractivity (Wildman–Crippen MR) is 133 cm³/mol. The average molecular weight is 463 g/mol. The summed E-state index contributed by atoms with van der Waals surface area (Å²) in [6.07, 6.45) is 0.472. The molecule has 1 heterocycles. The van der Waals surface area contributed by atoms with Crippen LogP contribution in [0, 0.1) is 0 Å². The third-order valence-corrected chi connectivity index (χ3v) is 8.00. The number of hydrogen-bond donors (Lipinski definition) is 0. The first-order valence-corrected chi connectivity index (χ1v) is 13.0. The van der Waals surface area contributed by atoms with E-state index < -0.39 is 15.8 Å². The van der Waals surface area contributed by atoms with E-state index in [4.69, 9.17) is 0 Å². The van der Waals surface area contributed by atoms with E-state index in [-0.39, 0.29) is 23.5 Å². The van der Waals surface area contributed by atoms with E-state index in [1.54, 1.807) is 4.90 Å². The van der Waals surface area contributed by atoms with Crippen molar-refractivity contribution in [3.05, 3.63) is 102 Å². The number of amides is 1. The van der Waals surface area contributed by atoms with E-state index in [1.165, 1.54) is 0 Å². The maximum atomic E-state index is 14.1. The van der Waals surface area contributed by atoms with Gasteiger partial charge >= 0.3 is 0 Å². The van der Waals surface area contributed by atoms with E-state index in [1.807, 2.05) is 104 Å². The maximum Gasteiger partial charge on any atom is 0.235 e. The number of rotatable bonds is 7. The minimum Gasteiger partial charge on any atom is -0.378 e. The van der Waals surface area contributed by atoms with Crippen LogP contribution in [0.4, 0.5) is 5.69 Å². The molecule has 1 fully saturated rings. The highest BCUT2D eigenvalue weighted by Crippen LogP contribution is 2.31. The molecule has 172 valence electrons. The molecule has 1 aliphatic rings. The molecule has 0 bridgehead atoms. The van der Waals surface area contributed by atoms with Gasteiger partial charge in [0, 0.05) is 32.4 Å². The molecule has 1 atom stereocenters. The molecule has 0 aliphatic carbocycles. The van der Waals surface area contributed by atoms with Crippen LogP contribution < -0.4 is 4.90 Å². The number of carbonyl (C=O) groups excluding carboxylic acids is 1. The number of nitrogens with zero attached hydrogens (tertiary/aromatic N) is 2. The van der Waals surface area contributed by atoms with Crippen molar-refractivity contribution in [3.8, 4) is 0 Å². The van der Waals surface area contributed by atoms with Crippen LogP contribution in [0.3, 0.4) is 0 Å². The molecule has 33 heavy (non-hydrogen) atoms. The van der Waals surface area contributed by atoms with Crippen LogP contribution >= 0.6 is 0 Å². The third kappa shape index (κ3) is 5.45. The second-order valence-corrected chi connectivity index (χ2v) is 11.1. The molecule has 1 aliphatic heterocycles. The van der Waals surface area contributed by atoms with Gasteiger partial charge in [-0.1, -0.05) is 72.8 Å². The Morgan fingerprint density at radius 1 is 0.879 bits per heavy atom. The fourth-order valence-corrected chi connectivity index (χ4v) is 6.17. The summed E-state index contributed by atoms with van der Waals surface area (Å²) >= 11 is 0. The summed E-state index contributed by atoms with van der Waals surface area (Å²) in [4.78, 5) is 18.0. The molecular formula is C27H30N2O3S. The number of carbonyl (C=O) groups is 1. The molecule has 0 unspecified atom stereocenters. The lowest BCUT2D eigenvalue weighted by Gasteiger charge is -2.32. The first-order chi connectivity index (χ1) is 15.8. The van der Waals surface area contributed by atoms with Crippen molar-refractivity contribution in [2.75, 3.05) is 30.5 Å². The van der Waals surface area contributed by atoms with Gasteiger partial charge in [-0.05, 0) is 35.2 Å². The van der Waals surface area contributed by atoms with E-state index in [2.05, 4.69) is 0 Å². The summed E-state index contributed by atoms with van der Waals surface area (Å²) in [7, 11) is 0.830. The van der Waals surface area contributed by atoms with Gasteiger partial charge in [-0.25, -0.2) is 8.42 Å². The minimum absolute atomic E-state index is 0.0187. The molecule has 1 amide bonds. The lowest BCUT2D eigenvalue weighted by atomic mass is 9.89. The molecule has 3 aromatic carbocycles. The predicted octanol–water partition coefficient (Wildman–Crippen LogP) is 4.10. The Bertz CT molecular complexity index is 1140. The lowest BCUT2D eigenvalue weighted by Crippen LogP contribution is -2.43. The highest BCUT2D eigenvalue weighted by Gasteiger charge is 2.38. The van der Waals surface area contributed by atoms with Crippen LogP contribution in [0.15, 0.2) is 84.9 Å². The van der Waals surface area contributed by atoms with Gasteiger partial charge in [-0.3, -0.25) is 4.79 Å². The van der Waals surface area contributed by atoms with Gasteiger partial charge in [0.1, 0.15) is 0 Å². The zero-order valence-electron chi connectivity index (χ0n) is 19.1. The summed E-state index contributed by atoms with van der Waals surface area (Å²) in [5.41, 5.74) is 3.87. The Balaban J connectivity index is 1.72. The van der Waals surface area contributed by atoms with Gasteiger partial charge in [0.05, 0.1) is 17.4 Å². The van der Waals surface area contributed by atoms with Gasteiger partial charge in [0.2, 0.25) is 5.91 Å². The van der Waals surface area contributed by atoms with Crippen molar-refractivity contribution in [2.24, 2.45) is 0 Å². The summed E-state index contributed by atoms with van der Waals surface area (Å²) in [6.45, 7) is 0.378. The van der Waals surface area contributed by atoms with Crippen LogP contribution in [0.5, 0.6) is 0 Å². The van der Waals surface area contributed by atoms with Crippen molar-refractivity contribution in [3.63, 3.8) is 0 Å². The fraction of sp³-hybridized carbons (Fsp3) is 0.296. The van der Waals surface area contributed by atoms with Gasteiger partial charge in [0.25, 0.3) is 0 Å². The largest absolute Gasteiger partial charge is 0.378 e. The zero-order valence-corrected chi connectivity index (χ0v) is 19.9. The van der Waals surface area contributed by atoms with Crippen molar-refractivity contribution in [1.29, 1.82) is 0 Å². The summed E-state index contributed by atoms with van der Waals surface area (Å²) in [5, 5.41) is 0. The van der Waals surface area contributed by atoms with Gasteiger partial charge < -0.3 is 9.80 Å². The second-order valence-electron chi connectivity index (χ2n) is 8.84. The number of sulfone groups is 1. The molecule has 0 N–H and O–H groups in total. The lowest BCUT2D eigenvalue weighted by molar-refractivity contribution is -0.134. The van der Waals surface area contributed by atoms with E-state index >= 15 is 0 Å². The number of hydrogen-bond acceptors (Lipinski definition) is 4. The molecule has 0 radical (unpaired) electrons. The molecular weight excluding hydrogens is 432 g/mol. The van der Waals surface area contributed by atoms with Gasteiger partial charge in [-0.2, -0.15) is 0 Å². The summed E-state index contributed by atoms with van der Waals surface area (Å²) in [6, 6.07) is 27.2. The first kappa shape index (κ1) is 23.1. The van der Waals surface area contributed by atoms with E-state index in [0.29, 0.717) is 13.0 Å². The first-order valence-electron chi connectivity index (χ1n) is 11.2. The quantitative estimate of drug-likeness (QED) is 0.531. The van der Waals surface area contributed by atoms with Crippen molar-refractivity contribution in [1.82, 2.24) is 4.90 Å². The Labute approximate surface area is 196 Å². The van der Waals surface area contributed by atoms with Crippen molar-refractivity contribution in [2.45, 2.75) is 24.9 Å². The molecule has 0 saturated carbocycles. The van der Waals surface area contributed by atoms with Gasteiger partial charge in [-0.15, -0.1) is 0 Å². The topological polar surface area (TPSA) is 57.7 Å². The number of benzene rings is 3. The van der Waals surface area contributed by atoms with Crippen molar-refractivity contribution < 1.29 is 13.2 Å². The number of anilines is 1. The monoisotopic (exact) mass is 462 g/mol. The molecule has 4 rings (SSSR count). The molecule has 5 nitrogen and oxygen atoms in total. The second kappa shape index (κ2) is 9.79.